The van der Waals surface area contributed by atoms with Crippen molar-refractivity contribution in [3.63, 3.8) is 0 Å². The highest BCUT2D eigenvalue weighted by atomic mass is 16.5. The van der Waals surface area contributed by atoms with Crippen molar-refractivity contribution in [2.75, 3.05) is 25.0 Å². The average Bonchev–Trinajstić information content (AvgIpc) is 2.78. The number of allylic oxidation sites excluding steroid dienone is 1. The number of amides is 1. The molecular formula is C25H28N4O3. The van der Waals surface area contributed by atoms with Crippen LogP contribution in [0.4, 0.5) is 5.69 Å². The number of nitrogens with zero attached hydrogens (tertiary/aromatic N) is 3. The zero-order valence-corrected chi connectivity index (χ0v) is 18.7. The number of carbonyl (C=O) groups excluding carboxylic acids is 2. The summed E-state index contributed by atoms with van der Waals surface area (Å²) in [5.41, 5.74) is 4.61. The number of ether oxygens (including phenoxy) is 1. The molecule has 1 fully saturated rings. The first-order valence-electron chi connectivity index (χ1n) is 10.9. The number of nitrogens with one attached hydrogen (secondary N) is 1. The molecule has 0 radical (unpaired) electrons. The Morgan fingerprint density at radius 1 is 1.25 bits per heavy atom. The van der Waals surface area contributed by atoms with E-state index in [-0.39, 0.29) is 23.7 Å². The van der Waals surface area contributed by atoms with Gasteiger partial charge in [0.05, 0.1) is 12.3 Å². The van der Waals surface area contributed by atoms with Crippen molar-refractivity contribution in [3.05, 3.63) is 65.5 Å². The Kier molecular flexibility index (Phi) is 6.46. The SMILES string of the molecule is CC(=O)/C=C(\N=C(C)N1CCOC(c2ccc3c(c2)C(C)CC(=O)N3)C1)c1ccncc1. The van der Waals surface area contributed by atoms with Gasteiger partial charge in [0.25, 0.3) is 0 Å². The number of anilines is 1. The number of rotatable bonds is 4. The van der Waals surface area contributed by atoms with Gasteiger partial charge in [-0.3, -0.25) is 14.6 Å². The van der Waals surface area contributed by atoms with Crippen LogP contribution in [0.5, 0.6) is 0 Å². The van der Waals surface area contributed by atoms with E-state index >= 15 is 0 Å². The van der Waals surface area contributed by atoms with Crippen LogP contribution in [0.15, 0.2) is 53.8 Å². The molecular weight excluding hydrogens is 404 g/mol. The van der Waals surface area contributed by atoms with Crippen molar-refractivity contribution in [1.29, 1.82) is 0 Å². The third-order valence-electron chi connectivity index (χ3n) is 5.87. The van der Waals surface area contributed by atoms with Gasteiger partial charge >= 0.3 is 0 Å². The molecule has 7 nitrogen and oxygen atoms in total. The molecule has 1 aromatic heterocycles. The van der Waals surface area contributed by atoms with Crippen LogP contribution < -0.4 is 5.32 Å². The monoisotopic (exact) mass is 432 g/mol. The number of carbonyl (C=O) groups is 2. The summed E-state index contributed by atoms with van der Waals surface area (Å²) in [5.74, 6) is 1.03. The van der Waals surface area contributed by atoms with E-state index in [2.05, 4.69) is 28.2 Å². The van der Waals surface area contributed by atoms with Crippen LogP contribution >= 0.6 is 0 Å². The van der Waals surface area contributed by atoms with Crippen LogP contribution in [0.3, 0.4) is 0 Å². The molecule has 1 aromatic carbocycles. The highest BCUT2D eigenvalue weighted by molar-refractivity contribution is 5.97. The van der Waals surface area contributed by atoms with Crippen LogP contribution in [0, 0.1) is 0 Å². The molecule has 0 saturated carbocycles. The lowest BCUT2D eigenvalue weighted by Gasteiger charge is -2.35. The molecule has 2 unspecified atom stereocenters. The van der Waals surface area contributed by atoms with E-state index < -0.39 is 0 Å². The van der Waals surface area contributed by atoms with E-state index in [9.17, 15) is 9.59 Å². The summed E-state index contributed by atoms with van der Waals surface area (Å²) in [6.45, 7) is 7.54. The molecule has 4 rings (SSSR count). The summed E-state index contributed by atoms with van der Waals surface area (Å²) in [6, 6.07) is 9.84. The number of hydrogen-bond acceptors (Lipinski definition) is 5. The van der Waals surface area contributed by atoms with E-state index in [1.807, 2.05) is 31.2 Å². The molecule has 2 aromatic rings. The molecule has 0 bridgehead atoms. The topological polar surface area (TPSA) is 83.9 Å². The van der Waals surface area contributed by atoms with Crippen molar-refractivity contribution in [2.45, 2.75) is 39.2 Å². The van der Waals surface area contributed by atoms with E-state index in [1.165, 1.54) is 6.92 Å². The Bertz CT molecular complexity index is 1080. The Balaban J connectivity index is 1.55. The summed E-state index contributed by atoms with van der Waals surface area (Å²) in [6.07, 6.45) is 5.35. The smallest absolute Gasteiger partial charge is 0.224 e. The Labute approximate surface area is 188 Å². The van der Waals surface area contributed by atoms with Crippen LogP contribution in [0.1, 0.15) is 55.9 Å². The van der Waals surface area contributed by atoms with Gasteiger partial charge in [0.15, 0.2) is 5.78 Å². The van der Waals surface area contributed by atoms with Crippen LogP contribution in [0.2, 0.25) is 0 Å². The van der Waals surface area contributed by atoms with Gasteiger partial charge in [-0.1, -0.05) is 19.1 Å². The van der Waals surface area contributed by atoms with E-state index in [0.717, 1.165) is 34.8 Å². The van der Waals surface area contributed by atoms with Gasteiger partial charge in [0, 0.05) is 49.2 Å². The molecule has 2 aliphatic rings. The predicted octanol–water partition coefficient (Wildman–Crippen LogP) is 3.95. The Hall–Kier alpha value is -3.32. The number of morpholine rings is 1. The first kappa shape index (κ1) is 21.9. The summed E-state index contributed by atoms with van der Waals surface area (Å²) >= 11 is 0. The number of fused-ring (bicyclic) bond motifs is 1. The number of hydrogen-bond donors (Lipinski definition) is 1. The summed E-state index contributed by atoms with van der Waals surface area (Å²) in [5, 5.41) is 2.95. The Morgan fingerprint density at radius 2 is 2.03 bits per heavy atom. The van der Waals surface area contributed by atoms with E-state index in [0.29, 0.717) is 25.3 Å². The molecule has 1 saturated heterocycles. The maximum Gasteiger partial charge on any atom is 0.224 e. The van der Waals surface area contributed by atoms with Crippen molar-refractivity contribution in [2.24, 2.45) is 4.99 Å². The van der Waals surface area contributed by atoms with E-state index in [4.69, 9.17) is 9.73 Å². The van der Waals surface area contributed by atoms with Gasteiger partial charge in [-0.2, -0.15) is 0 Å². The average molecular weight is 433 g/mol. The van der Waals surface area contributed by atoms with Crippen molar-refractivity contribution >= 4 is 28.9 Å². The van der Waals surface area contributed by atoms with Gasteiger partial charge in [-0.25, -0.2) is 4.99 Å². The lowest BCUT2D eigenvalue weighted by molar-refractivity contribution is -0.116. The second-order valence-electron chi connectivity index (χ2n) is 8.34. The number of ketones is 1. The number of aliphatic imine (C=N–C) groups is 1. The minimum atomic E-state index is -0.0924. The highest BCUT2D eigenvalue weighted by Crippen LogP contribution is 2.35. The van der Waals surface area contributed by atoms with Crippen molar-refractivity contribution < 1.29 is 14.3 Å². The van der Waals surface area contributed by atoms with Gasteiger partial charge < -0.3 is 15.0 Å². The zero-order valence-electron chi connectivity index (χ0n) is 18.7. The number of amidine groups is 1. The molecule has 0 spiro atoms. The van der Waals surface area contributed by atoms with E-state index in [1.54, 1.807) is 18.5 Å². The third kappa shape index (κ3) is 4.94. The largest absolute Gasteiger partial charge is 0.370 e. The summed E-state index contributed by atoms with van der Waals surface area (Å²) in [7, 11) is 0. The maximum atomic E-state index is 11.8. The standard InChI is InChI=1S/C25H28N4O3/c1-16-12-25(31)28-22-5-4-20(14-21(16)22)24-15-29(10-11-32-24)18(3)27-23(13-17(2)30)19-6-8-26-9-7-19/h4-9,13-14,16,24H,10-12,15H2,1-3H3,(H,28,31)/b23-13-,27-18?. The number of aromatic nitrogens is 1. The van der Waals surface area contributed by atoms with Gasteiger partial charge in [0.2, 0.25) is 5.91 Å². The maximum absolute atomic E-state index is 11.8. The normalized spacial score (nSPS) is 21.7. The molecule has 7 heteroatoms. The second-order valence-corrected chi connectivity index (χ2v) is 8.34. The lowest BCUT2D eigenvalue weighted by Crippen LogP contribution is -2.41. The van der Waals surface area contributed by atoms with Gasteiger partial charge in [-0.15, -0.1) is 0 Å². The summed E-state index contributed by atoms with van der Waals surface area (Å²) < 4.78 is 6.08. The first-order valence-corrected chi connectivity index (χ1v) is 10.9. The molecule has 0 aliphatic carbocycles. The third-order valence-corrected chi connectivity index (χ3v) is 5.87. The first-order chi connectivity index (χ1) is 15.4. The molecule has 166 valence electrons. The molecule has 2 atom stereocenters. The quantitative estimate of drug-likeness (QED) is 0.449. The van der Waals surface area contributed by atoms with Crippen LogP contribution in [-0.4, -0.2) is 47.1 Å². The van der Waals surface area contributed by atoms with Crippen LogP contribution in [0.25, 0.3) is 5.70 Å². The molecule has 1 N–H and O–H groups in total. The van der Waals surface area contributed by atoms with Crippen molar-refractivity contribution in [3.8, 4) is 0 Å². The Morgan fingerprint density at radius 3 is 2.78 bits per heavy atom. The lowest BCUT2D eigenvalue weighted by atomic mass is 9.90. The fraction of sp³-hybridized carbons (Fsp3) is 0.360. The summed E-state index contributed by atoms with van der Waals surface area (Å²) in [4.78, 5) is 34.6. The number of benzene rings is 1. The minimum absolute atomic E-state index is 0.0523. The zero-order chi connectivity index (χ0) is 22.7. The molecule has 1 amide bonds. The van der Waals surface area contributed by atoms with Crippen molar-refractivity contribution in [1.82, 2.24) is 9.88 Å². The van der Waals surface area contributed by atoms with Gasteiger partial charge in [-0.05, 0) is 49.1 Å². The molecule has 32 heavy (non-hydrogen) atoms. The highest BCUT2D eigenvalue weighted by Gasteiger charge is 2.26. The fourth-order valence-electron chi connectivity index (χ4n) is 4.18. The second kappa shape index (κ2) is 9.44. The number of pyridine rings is 1. The molecule has 2 aliphatic heterocycles. The fourth-order valence-corrected chi connectivity index (χ4v) is 4.18. The van der Waals surface area contributed by atoms with Gasteiger partial charge in [0.1, 0.15) is 11.9 Å². The molecule has 3 heterocycles. The van der Waals surface area contributed by atoms with Crippen LogP contribution in [-0.2, 0) is 14.3 Å². The predicted molar refractivity (Wildman–Crippen MR) is 124 cm³/mol. The minimum Gasteiger partial charge on any atom is -0.370 e.